The fraction of sp³-hybridized carbons (Fsp3) is 0.818. The average Bonchev–Trinajstić information content (AvgIpc) is 3.10. The van der Waals surface area contributed by atoms with Gasteiger partial charge in [0, 0.05) is 37.2 Å². The van der Waals surface area contributed by atoms with E-state index in [1.54, 1.807) is 0 Å². The minimum atomic E-state index is 0.668. The molecule has 3 aliphatic rings. The van der Waals surface area contributed by atoms with Crippen LogP contribution >= 0.6 is 0 Å². The number of hydrogen-bond acceptors (Lipinski definition) is 3. The van der Waals surface area contributed by atoms with Crippen LogP contribution in [0.3, 0.4) is 0 Å². The number of rotatable bonds is 2. The Labute approximate surface area is 89.3 Å². The second kappa shape index (κ2) is 2.61. The Morgan fingerprint density at radius 3 is 2.53 bits per heavy atom. The zero-order chi connectivity index (χ0) is 9.99. The second-order valence-electron chi connectivity index (χ2n) is 5.34. The molecule has 15 heavy (non-hydrogen) atoms. The van der Waals surface area contributed by atoms with Crippen molar-refractivity contribution in [2.45, 2.75) is 31.8 Å². The van der Waals surface area contributed by atoms with Crippen LogP contribution < -0.4 is 0 Å². The lowest BCUT2D eigenvalue weighted by atomic mass is 10.3. The molecule has 1 aromatic heterocycles. The minimum absolute atomic E-state index is 0.668. The molecule has 1 aliphatic heterocycles. The summed E-state index contributed by atoms with van der Waals surface area (Å²) in [4.78, 5) is 2.68. The third-order valence-electron chi connectivity index (χ3n) is 4.17. The summed E-state index contributed by atoms with van der Waals surface area (Å²) in [5, 5.41) is 8.26. The van der Waals surface area contributed by atoms with Gasteiger partial charge < -0.3 is 0 Å². The number of hydrogen-bond donors (Lipinski definition) is 0. The molecule has 3 fully saturated rings. The monoisotopic (exact) mass is 204 g/mol. The van der Waals surface area contributed by atoms with Crippen LogP contribution in [0.15, 0.2) is 6.20 Å². The van der Waals surface area contributed by atoms with E-state index in [2.05, 4.69) is 26.1 Å². The van der Waals surface area contributed by atoms with E-state index in [0.717, 1.165) is 23.6 Å². The third kappa shape index (κ3) is 1.17. The van der Waals surface area contributed by atoms with E-state index in [1.807, 2.05) is 6.92 Å². The normalized spacial score (nSPS) is 39.4. The Morgan fingerprint density at radius 1 is 1.27 bits per heavy atom. The molecule has 1 aromatic rings. The second-order valence-corrected chi connectivity index (χ2v) is 5.34. The number of fused-ring (bicyclic) bond motifs is 1. The van der Waals surface area contributed by atoms with Crippen molar-refractivity contribution in [2.75, 3.05) is 13.1 Å². The molecule has 0 N–H and O–H groups in total. The van der Waals surface area contributed by atoms with Crippen LogP contribution in [0.1, 0.15) is 24.6 Å². The number of piperidine rings is 1. The molecule has 80 valence electrons. The lowest BCUT2D eigenvalue weighted by Crippen LogP contribution is -2.27. The van der Waals surface area contributed by atoms with Crippen molar-refractivity contribution in [3.8, 4) is 0 Å². The van der Waals surface area contributed by atoms with Crippen LogP contribution in [-0.4, -0.2) is 39.0 Å². The summed E-state index contributed by atoms with van der Waals surface area (Å²) in [6.07, 6.45) is 4.96. The molecule has 0 bridgehead atoms. The van der Waals surface area contributed by atoms with Crippen molar-refractivity contribution < 1.29 is 0 Å². The highest BCUT2D eigenvalue weighted by Crippen LogP contribution is 2.56. The smallest absolute Gasteiger partial charge is 0.0796 e. The molecule has 0 amide bonds. The molecule has 4 rings (SSSR count). The first kappa shape index (κ1) is 8.28. The molecule has 0 aromatic carbocycles. The maximum atomic E-state index is 4.19. The van der Waals surface area contributed by atoms with Gasteiger partial charge in [-0.1, -0.05) is 5.21 Å². The lowest BCUT2D eigenvalue weighted by molar-refractivity contribution is 0.270. The maximum absolute atomic E-state index is 4.19. The summed E-state index contributed by atoms with van der Waals surface area (Å²) in [6.45, 7) is 4.62. The van der Waals surface area contributed by atoms with Gasteiger partial charge in [0.1, 0.15) is 0 Å². The van der Waals surface area contributed by atoms with Crippen LogP contribution in [-0.2, 0) is 0 Å². The van der Waals surface area contributed by atoms with Gasteiger partial charge in [-0.3, -0.25) is 4.90 Å². The van der Waals surface area contributed by atoms with Crippen molar-refractivity contribution >= 4 is 0 Å². The van der Waals surface area contributed by atoms with Gasteiger partial charge in [-0.15, -0.1) is 5.10 Å². The standard InChI is InChI=1S/C11H16N4/c1-7-4-15(13-12-7)11-9-5-14(6-10(9)11)8-2-3-8/h4,8-11H,2-3,5-6H2,1H3/t9-,10+,11?. The molecular formula is C11H16N4. The van der Waals surface area contributed by atoms with Gasteiger partial charge in [0.15, 0.2) is 0 Å². The van der Waals surface area contributed by atoms with Gasteiger partial charge in [0.05, 0.1) is 11.7 Å². The van der Waals surface area contributed by atoms with Gasteiger partial charge in [-0.2, -0.15) is 0 Å². The maximum Gasteiger partial charge on any atom is 0.0796 e. The topological polar surface area (TPSA) is 34.0 Å². The summed E-state index contributed by atoms with van der Waals surface area (Å²) < 4.78 is 2.09. The quantitative estimate of drug-likeness (QED) is 0.716. The molecule has 0 radical (unpaired) electrons. The van der Waals surface area contributed by atoms with E-state index in [-0.39, 0.29) is 0 Å². The first-order chi connectivity index (χ1) is 7.33. The van der Waals surface area contributed by atoms with Crippen LogP contribution in [0, 0.1) is 18.8 Å². The van der Waals surface area contributed by atoms with Crippen LogP contribution in [0.5, 0.6) is 0 Å². The predicted molar refractivity (Wildman–Crippen MR) is 55.4 cm³/mol. The van der Waals surface area contributed by atoms with Crippen molar-refractivity contribution in [1.29, 1.82) is 0 Å². The number of likely N-dealkylation sites (tertiary alicyclic amines) is 1. The fourth-order valence-electron chi connectivity index (χ4n) is 3.17. The van der Waals surface area contributed by atoms with Crippen molar-refractivity contribution in [3.63, 3.8) is 0 Å². The highest BCUT2D eigenvalue weighted by Gasteiger charge is 2.59. The van der Waals surface area contributed by atoms with E-state index < -0.39 is 0 Å². The average molecular weight is 204 g/mol. The fourth-order valence-corrected chi connectivity index (χ4v) is 3.17. The van der Waals surface area contributed by atoms with Gasteiger partial charge >= 0.3 is 0 Å². The van der Waals surface area contributed by atoms with Gasteiger partial charge in [-0.25, -0.2) is 4.68 Å². The van der Waals surface area contributed by atoms with Gasteiger partial charge in [-0.05, 0) is 19.8 Å². The van der Waals surface area contributed by atoms with Crippen LogP contribution in [0.2, 0.25) is 0 Å². The third-order valence-corrected chi connectivity index (χ3v) is 4.17. The van der Waals surface area contributed by atoms with Crippen LogP contribution in [0.25, 0.3) is 0 Å². The minimum Gasteiger partial charge on any atom is -0.300 e. The summed E-state index contributed by atoms with van der Waals surface area (Å²) in [5.41, 5.74) is 1.04. The van der Waals surface area contributed by atoms with Crippen LogP contribution in [0.4, 0.5) is 0 Å². The molecule has 4 heteroatoms. The van der Waals surface area contributed by atoms with Crippen molar-refractivity contribution in [2.24, 2.45) is 11.8 Å². The summed E-state index contributed by atoms with van der Waals surface area (Å²) in [7, 11) is 0. The van der Waals surface area contributed by atoms with Gasteiger partial charge in [0.25, 0.3) is 0 Å². The molecule has 3 atom stereocenters. The number of aryl methyl sites for hydroxylation is 1. The zero-order valence-corrected chi connectivity index (χ0v) is 9.00. The van der Waals surface area contributed by atoms with E-state index in [0.29, 0.717) is 6.04 Å². The molecule has 1 saturated heterocycles. The van der Waals surface area contributed by atoms with E-state index in [9.17, 15) is 0 Å². The van der Waals surface area contributed by atoms with Gasteiger partial charge in [0.2, 0.25) is 0 Å². The first-order valence-corrected chi connectivity index (χ1v) is 5.95. The Balaban J connectivity index is 1.48. The van der Waals surface area contributed by atoms with Crippen molar-refractivity contribution in [1.82, 2.24) is 19.9 Å². The molecule has 0 spiro atoms. The molecule has 2 heterocycles. The Hall–Kier alpha value is -0.900. The summed E-state index contributed by atoms with van der Waals surface area (Å²) >= 11 is 0. The molecule has 4 nitrogen and oxygen atoms in total. The largest absolute Gasteiger partial charge is 0.300 e. The SMILES string of the molecule is Cc1cn(C2[C@H]3CN(C4CC4)C[C@@H]23)nn1. The summed E-state index contributed by atoms with van der Waals surface area (Å²) in [6, 6.07) is 1.61. The summed E-state index contributed by atoms with van der Waals surface area (Å²) in [5.74, 6) is 1.73. The highest BCUT2D eigenvalue weighted by atomic mass is 15.5. The Kier molecular flexibility index (Phi) is 1.44. The first-order valence-electron chi connectivity index (χ1n) is 5.95. The highest BCUT2D eigenvalue weighted by molar-refractivity contribution is 5.11. The van der Waals surface area contributed by atoms with Crippen molar-refractivity contribution in [3.05, 3.63) is 11.9 Å². The molecular weight excluding hydrogens is 188 g/mol. The molecule has 2 saturated carbocycles. The number of nitrogens with zero attached hydrogens (tertiary/aromatic N) is 4. The Bertz CT molecular complexity index is 383. The Morgan fingerprint density at radius 2 is 2.00 bits per heavy atom. The zero-order valence-electron chi connectivity index (χ0n) is 9.00. The number of aromatic nitrogens is 3. The molecule has 2 aliphatic carbocycles. The lowest BCUT2D eigenvalue weighted by Gasteiger charge is -2.18. The van der Waals surface area contributed by atoms with E-state index >= 15 is 0 Å². The predicted octanol–water partition coefficient (Wildman–Crippen LogP) is 0.852. The van der Waals surface area contributed by atoms with E-state index in [4.69, 9.17) is 0 Å². The van der Waals surface area contributed by atoms with E-state index in [1.165, 1.54) is 25.9 Å². The molecule has 1 unspecified atom stereocenters.